The summed E-state index contributed by atoms with van der Waals surface area (Å²) in [6.07, 6.45) is 1.29. The van der Waals surface area contributed by atoms with E-state index in [4.69, 9.17) is 0 Å². The Morgan fingerprint density at radius 3 is 2.29 bits per heavy atom. The number of rotatable bonds is 7. The van der Waals surface area contributed by atoms with Crippen LogP contribution >= 0.6 is 0 Å². The van der Waals surface area contributed by atoms with E-state index in [-0.39, 0.29) is 5.54 Å². The summed E-state index contributed by atoms with van der Waals surface area (Å²) >= 11 is 0. The van der Waals surface area contributed by atoms with Crippen molar-refractivity contribution in [3.63, 3.8) is 0 Å². The predicted molar refractivity (Wildman–Crippen MR) is 64.7 cm³/mol. The fourth-order valence-corrected chi connectivity index (χ4v) is 1.77. The average Bonchev–Trinajstić information content (AvgIpc) is 1.99. The molecule has 2 nitrogen and oxygen atoms in total. The summed E-state index contributed by atoms with van der Waals surface area (Å²) in [5, 5.41) is 3.50. The van der Waals surface area contributed by atoms with Crippen molar-refractivity contribution in [2.75, 3.05) is 26.7 Å². The summed E-state index contributed by atoms with van der Waals surface area (Å²) in [6.45, 7) is 14.6. The molecule has 0 bridgehead atoms. The lowest BCUT2D eigenvalue weighted by molar-refractivity contribution is 0.228. The van der Waals surface area contributed by atoms with Crippen molar-refractivity contribution in [2.45, 2.75) is 46.6 Å². The second kappa shape index (κ2) is 6.41. The summed E-state index contributed by atoms with van der Waals surface area (Å²) in [5.74, 6) is 0.805. The SMILES string of the molecule is CCNC(C)(C)CN(C)CCC(C)C. The summed E-state index contributed by atoms with van der Waals surface area (Å²) < 4.78 is 0. The van der Waals surface area contributed by atoms with Gasteiger partial charge in [0.2, 0.25) is 0 Å². The third-order valence-electron chi connectivity index (χ3n) is 2.41. The molecule has 0 aromatic carbocycles. The molecule has 14 heavy (non-hydrogen) atoms. The number of hydrogen-bond acceptors (Lipinski definition) is 2. The normalized spacial score (nSPS) is 12.9. The minimum atomic E-state index is 0.237. The number of hydrogen-bond donors (Lipinski definition) is 1. The molecule has 2 heteroatoms. The van der Waals surface area contributed by atoms with Crippen molar-refractivity contribution in [3.8, 4) is 0 Å². The van der Waals surface area contributed by atoms with Crippen molar-refractivity contribution < 1.29 is 0 Å². The molecule has 0 unspecified atom stereocenters. The van der Waals surface area contributed by atoms with Gasteiger partial charge in [0.1, 0.15) is 0 Å². The zero-order chi connectivity index (χ0) is 11.2. The quantitative estimate of drug-likeness (QED) is 0.678. The smallest absolute Gasteiger partial charge is 0.0251 e. The predicted octanol–water partition coefficient (Wildman–Crippen LogP) is 2.35. The van der Waals surface area contributed by atoms with Crippen molar-refractivity contribution in [3.05, 3.63) is 0 Å². The summed E-state index contributed by atoms with van der Waals surface area (Å²) in [5.41, 5.74) is 0.237. The van der Waals surface area contributed by atoms with E-state index in [2.05, 4.69) is 51.9 Å². The van der Waals surface area contributed by atoms with Crippen LogP contribution in [0.2, 0.25) is 0 Å². The molecular weight excluding hydrogens is 172 g/mol. The number of nitrogens with one attached hydrogen (secondary N) is 1. The average molecular weight is 200 g/mol. The first-order chi connectivity index (χ1) is 6.37. The van der Waals surface area contributed by atoms with Crippen molar-refractivity contribution >= 4 is 0 Å². The van der Waals surface area contributed by atoms with E-state index in [0.717, 1.165) is 19.0 Å². The summed E-state index contributed by atoms with van der Waals surface area (Å²) in [6, 6.07) is 0. The van der Waals surface area contributed by atoms with Crippen LogP contribution in [0.3, 0.4) is 0 Å². The molecule has 0 rings (SSSR count). The van der Waals surface area contributed by atoms with Gasteiger partial charge in [-0.2, -0.15) is 0 Å². The van der Waals surface area contributed by atoms with Gasteiger partial charge in [0.15, 0.2) is 0 Å². The molecule has 0 aromatic rings. The van der Waals surface area contributed by atoms with E-state index >= 15 is 0 Å². The maximum atomic E-state index is 3.50. The summed E-state index contributed by atoms with van der Waals surface area (Å²) in [7, 11) is 2.21. The molecule has 0 aliphatic carbocycles. The molecule has 0 aromatic heterocycles. The van der Waals surface area contributed by atoms with Crippen LogP contribution in [0.15, 0.2) is 0 Å². The molecule has 0 heterocycles. The minimum Gasteiger partial charge on any atom is -0.311 e. The summed E-state index contributed by atoms with van der Waals surface area (Å²) in [4.78, 5) is 2.42. The molecule has 0 aliphatic heterocycles. The van der Waals surface area contributed by atoms with Gasteiger partial charge in [0.05, 0.1) is 0 Å². The maximum absolute atomic E-state index is 3.50. The van der Waals surface area contributed by atoms with Gasteiger partial charge >= 0.3 is 0 Å². The van der Waals surface area contributed by atoms with Crippen LogP contribution in [0.1, 0.15) is 41.0 Å². The molecule has 0 radical (unpaired) electrons. The highest BCUT2D eigenvalue weighted by atomic mass is 15.1. The Morgan fingerprint density at radius 1 is 1.29 bits per heavy atom. The maximum Gasteiger partial charge on any atom is 0.0251 e. The molecule has 0 fully saturated rings. The fourth-order valence-electron chi connectivity index (χ4n) is 1.77. The van der Waals surface area contributed by atoms with E-state index in [9.17, 15) is 0 Å². The molecule has 0 atom stereocenters. The highest BCUT2D eigenvalue weighted by Gasteiger charge is 2.17. The van der Waals surface area contributed by atoms with Gasteiger partial charge in [-0.05, 0) is 46.3 Å². The van der Waals surface area contributed by atoms with Crippen molar-refractivity contribution in [2.24, 2.45) is 5.92 Å². The van der Waals surface area contributed by atoms with E-state index in [0.29, 0.717) is 0 Å². The first-order valence-electron chi connectivity index (χ1n) is 5.81. The van der Waals surface area contributed by atoms with Gasteiger partial charge in [0.25, 0.3) is 0 Å². The largest absolute Gasteiger partial charge is 0.311 e. The van der Waals surface area contributed by atoms with E-state index < -0.39 is 0 Å². The second-order valence-corrected chi connectivity index (χ2v) is 5.33. The lowest BCUT2D eigenvalue weighted by Crippen LogP contribution is -2.48. The monoisotopic (exact) mass is 200 g/mol. The van der Waals surface area contributed by atoms with Gasteiger partial charge in [-0.25, -0.2) is 0 Å². The van der Waals surface area contributed by atoms with Crippen molar-refractivity contribution in [1.82, 2.24) is 10.2 Å². The molecule has 0 spiro atoms. The van der Waals surface area contributed by atoms with Crippen molar-refractivity contribution in [1.29, 1.82) is 0 Å². The molecular formula is C12H28N2. The van der Waals surface area contributed by atoms with E-state index in [1.807, 2.05) is 0 Å². The molecule has 0 amide bonds. The number of likely N-dealkylation sites (N-methyl/N-ethyl adjacent to an activating group) is 2. The molecule has 0 saturated carbocycles. The lowest BCUT2D eigenvalue weighted by Gasteiger charge is -2.31. The Labute approximate surface area is 90.1 Å². The topological polar surface area (TPSA) is 15.3 Å². The number of nitrogens with zero attached hydrogens (tertiary/aromatic N) is 1. The Hall–Kier alpha value is -0.0800. The highest BCUT2D eigenvalue weighted by molar-refractivity contribution is 4.80. The molecule has 0 aliphatic rings. The molecule has 1 N–H and O–H groups in total. The Balaban J connectivity index is 3.74. The third-order valence-corrected chi connectivity index (χ3v) is 2.41. The third kappa shape index (κ3) is 7.34. The zero-order valence-corrected chi connectivity index (χ0v) is 10.9. The molecule has 86 valence electrons. The van der Waals surface area contributed by atoms with E-state index in [1.54, 1.807) is 0 Å². The van der Waals surface area contributed by atoms with Crippen LogP contribution < -0.4 is 5.32 Å². The van der Waals surface area contributed by atoms with Gasteiger partial charge in [-0.15, -0.1) is 0 Å². The van der Waals surface area contributed by atoms with Crippen LogP contribution in [-0.2, 0) is 0 Å². The zero-order valence-electron chi connectivity index (χ0n) is 10.9. The highest BCUT2D eigenvalue weighted by Crippen LogP contribution is 2.06. The fraction of sp³-hybridized carbons (Fsp3) is 1.00. The first-order valence-corrected chi connectivity index (χ1v) is 5.81. The van der Waals surface area contributed by atoms with Crippen LogP contribution in [0.25, 0.3) is 0 Å². The first kappa shape index (κ1) is 13.9. The van der Waals surface area contributed by atoms with Gasteiger partial charge in [0, 0.05) is 12.1 Å². The van der Waals surface area contributed by atoms with Crippen LogP contribution in [0.4, 0.5) is 0 Å². The van der Waals surface area contributed by atoms with E-state index in [1.165, 1.54) is 13.0 Å². The molecule has 0 saturated heterocycles. The Kier molecular flexibility index (Phi) is 6.38. The Bertz CT molecular complexity index is 141. The second-order valence-electron chi connectivity index (χ2n) is 5.33. The van der Waals surface area contributed by atoms with Crippen LogP contribution in [0, 0.1) is 5.92 Å². The lowest BCUT2D eigenvalue weighted by atomic mass is 10.0. The van der Waals surface area contributed by atoms with Gasteiger partial charge < -0.3 is 10.2 Å². The van der Waals surface area contributed by atoms with Gasteiger partial charge in [-0.1, -0.05) is 20.8 Å². The standard InChI is InChI=1S/C12H28N2/c1-7-13-12(4,5)10-14(6)9-8-11(2)3/h11,13H,7-10H2,1-6H3. The minimum absolute atomic E-state index is 0.237. The Morgan fingerprint density at radius 2 is 1.86 bits per heavy atom. The van der Waals surface area contributed by atoms with Crippen LogP contribution in [-0.4, -0.2) is 37.1 Å². The van der Waals surface area contributed by atoms with Gasteiger partial charge in [-0.3, -0.25) is 0 Å². The van der Waals surface area contributed by atoms with Crippen LogP contribution in [0.5, 0.6) is 0 Å².